The van der Waals surface area contributed by atoms with Crippen molar-refractivity contribution in [1.29, 1.82) is 0 Å². The van der Waals surface area contributed by atoms with Crippen molar-refractivity contribution < 1.29 is 5.11 Å². The van der Waals surface area contributed by atoms with E-state index in [1.807, 2.05) is 0 Å². The van der Waals surface area contributed by atoms with Crippen molar-refractivity contribution in [1.82, 2.24) is 4.90 Å². The van der Waals surface area contributed by atoms with Crippen molar-refractivity contribution in [2.75, 3.05) is 26.2 Å². The highest BCUT2D eigenvalue weighted by atomic mass is 16.3. The zero-order chi connectivity index (χ0) is 9.52. The van der Waals surface area contributed by atoms with Gasteiger partial charge >= 0.3 is 0 Å². The first-order valence-corrected chi connectivity index (χ1v) is 5.13. The fourth-order valence-corrected chi connectivity index (χ4v) is 1.80. The van der Waals surface area contributed by atoms with Crippen LogP contribution < -0.4 is 0 Å². The quantitative estimate of drug-likeness (QED) is 0.518. The summed E-state index contributed by atoms with van der Waals surface area (Å²) in [6, 6.07) is 0. The van der Waals surface area contributed by atoms with Gasteiger partial charge in [-0.25, -0.2) is 0 Å². The maximum Gasteiger partial charge on any atom is 0.0460 e. The fraction of sp³-hybridized carbons (Fsp3) is 0.818. The van der Waals surface area contributed by atoms with E-state index in [9.17, 15) is 0 Å². The van der Waals surface area contributed by atoms with Gasteiger partial charge in [-0.2, -0.15) is 0 Å². The molecule has 0 aromatic carbocycles. The molecular weight excluding hydrogens is 162 g/mol. The van der Waals surface area contributed by atoms with Gasteiger partial charge in [-0.15, -0.1) is 12.3 Å². The zero-order valence-electron chi connectivity index (χ0n) is 8.21. The van der Waals surface area contributed by atoms with Crippen molar-refractivity contribution in [3.63, 3.8) is 0 Å². The molecule has 1 heterocycles. The molecule has 1 aliphatic rings. The highest BCUT2D eigenvalue weighted by Gasteiger charge is 2.17. The van der Waals surface area contributed by atoms with E-state index in [2.05, 4.69) is 10.8 Å². The van der Waals surface area contributed by atoms with Gasteiger partial charge in [-0.05, 0) is 44.8 Å². The number of rotatable bonds is 4. The molecule has 1 aliphatic heterocycles. The number of hydrogen-bond donors (Lipinski definition) is 1. The highest BCUT2D eigenvalue weighted by molar-refractivity contribution is 4.83. The summed E-state index contributed by atoms with van der Waals surface area (Å²) in [4.78, 5) is 2.45. The standard InChI is InChI=1S/C11H19NO/c1-2-3-4-7-12-8-5-11(10-13)6-9-12/h1,11,13H,3-10H2. The minimum atomic E-state index is 0.359. The van der Waals surface area contributed by atoms with Crippen LogP contribution in [0.2, 0.25) is 0 Å². The number of hydrogen-bond acceptors (Lipinski definition) is 2. The minimum Gasteiger partial charge on any atom is -0.396 e. The van der Waals surface area contributed by atoms with Crippen LogP contribution >= 0.6 is 0 Å². The van der Waals surface area contributed by atoms with Crippen molar-refractivity contribution in [2.24, 2.45) is 5.92 Å². The predicted molar refractivity (Wildman–Crippen MR) is 54.3 cm³/mol. The Labute approximate surface area is 80.9 Å². The third-order valence-corrected chi connectivity index (χ3v) is 2.76. The summed E-state index contributed by atoms with van der Waals surface area (Å²) in [6.07, 6.45) is 9.48. The maximum absolute atomic E-state index is 8.95. The number of nitrogens with zero attached hydrogens (tertiary/aromatic N) is 1. The van der Waals surface area contributed by atoms with Gasteiger partial charge in [0.05, 0.1) is 0 Å². The lowest BCUT2D eigenvalue weighted by atomic mass is 9.98. The Hall–Kier alpha value is -0.520. The molecule has 0 radical (unpaired) electrons. The molecule has 0 atom stereocenters. The molecule has 0 amide bonds. The third-order valence-electron chi connectivity index (χ3n) is 2.76. The first kappa shape index (κ1) is 10.6. The Balaban J connectivity index is 2.07. The number of likely N-dealkylation sites (tertiary alicyclic amines) is 1. The Morgan fingerprint density at radius 2 is 2.08 bits per heavy atom. The number of aliphatic hydroxyl groups excluding tert-OH is 1. The number of piperidine rings is 1. The van der Waals surface area contributed by atoms with E-state index in [0.717, 1.165) is 45.3 Å². The van der Waals surface area contributed by atoms with Crippen LogP contribution in [0.4, 0.5) is 0 Å². The summed E-state index contributed by atoms with van der Waals surface area (Å²) in [6.45, 7) is 3.76. The molecule has 2 heteroatoms. The van der Waals surface area contributed by atoms with Crippen LogP contribution in [0.1, 0.15) is 25.7 Å². The molecule has 0 aromatic rings. The molecule has 0 saturated carbocycles. The van der Waals surface area contributed by atoms with E-state index in [4.69, 9.17) is 11.5 Å². The Morgan fingerprint density at radius 1 is 1.38 bits per heavy atom. The lowest BCUT2D eigenvalue weighted by molar-refractivity contribution is 0.131. The van der Waals surface area contributed by atoms with Crippen molar-refractivity contribution >= 4 is 0 Å². The molecule has 1 saturated heterocycles. The monoisotopic (exact) mass is 181 g/mol. The minimum absolute atomic E-state index is 0.359. The van der Waals surface area contributed by atoms with Crippen molar-refractivity contribution in [3.05, 3.63) is 0 Å². The number of aliphatic hydroxyl groups is 1. The topological polar surface area (TPSA) is 23.5 Å². The average molecular weight is 181 g/mol. The molecular formula is C11H19NO. The highest BCUT2D eigenvalue weighted by Crippen LogP contribution is 2.16. The van der Waals surface area contributed by atoms with E-state index in [-0.39, 0.29) is 0 Å². The van der Waals surface area contributed by atoms with Crippen molar-refractivity contribution in [3.8, 4) is 12.3 Å². The van der Waals surface area contributed by atoms with Crippen molar-refractivity contribution in [2.45, 2.75) is 25.7 Å². The van der Waals surface area contributed by atoms with Gasteiger partial charge in [0.2, 0.25) is 0 Å². The van der Waals surface area contributed by atoms with Crippen LogP contribution in [-0.4, -0.2) is 36.2 Å². The molecule has 1 fully saturated rings. The number of unbranched alkanes of at least 4 members (excludes halogenated alkanes) is 1. The van der Waals surface area contributed by atoms with Crippen LogP contribution in [0.3, 0.4) is 0 Å². The lowest BCUT2D eigenvalue weighted by Crippen LogP contribution is -2.35. The second kappa shape index (κ2) is 6.01. The van der Waals surface area contributed by atoms with Gasteiger partial charge in [-0.1, -0.05) is 0 Å². The van der Waals surface area contributed by atoms with Crippen LogP contribution in [0, 0.1) is 18.3 Å². The first-order valence-electron chi connectivity index (χ1n) is 5.13. The SMILES string of the molecule is C#CCCCN1CCC(CO)CC1. The van der Waals surface area contributed by atoms with Crippen LogP contribution in [-0.2, 0) is 0 Å². The van der Waals surface area contributed by atoms with Crippen LogP contribution in [0.5, 0.6) is 0 Å². The molecule has 1 N–H and O–H groups in total. The van der Waals surface area contributed by atoms with Gasteiger partial charge in [0, 0.05) is 13.0 Å². The van der Waals surface area contributed by atoms with E-state index in [0.29, 0.717) is 12.5 Å². The third kappa shape index (κ3) is 3.80. The average Bonchev–Trinajstić information content (AvgIpc) is 2.19. The van der Waals surface area contributed by atoms with E-state index < -0.39 is 0 Å². The summed E-state index contributed by atoms with van der Waals surface area (Å²) in [5, 5.41) is 8.95. The van der Waals surface area contributed by atoms with Gasteiger partial charge < -0.3 is 10.0 Å². The maximum atomic E-state index is 8.95. The predicted octanol–water partition coefficient (Wildman–Crippen LogP) is 1.10. The summed E-state index contributed by atoms with van der Waals surface area (Å²) < 4.78 is 0. The molecule has 74 valence electrons. The molecule has 0 aromatic heterocycles. The van der Waals surface area contributed by atoms with E-state index >= 15 is 0 Å². The molecule has 0 aliphatic carbocycles. The van der Waals surface area contributed by atoms with E-state index in [1.165, 1.54) is 0 Å². The summed E-state index contributed by atoms with van der Waals surface area (Å²) in [5.41, 5.74) is 0. The summed E-state index contributed by atoms with van der Waals surface area (Å²) in [5.74, 6) is 3.21. The summed E-state index contributed by atoms with van der Waals surface area (Å²) in [7, 11) is 0. The van der Waals surface area contributed by atoms with Gasteiger partial charge in [0.15, 0.2) is 0 Å². The molecule has 0 unspecified atom stereocenters. The normalized spacial score (nSPS) is 20.0. The molecule has 1 rings (SSSR count). The largest absolute Gasteiger partial charge is 0.396 e. The smallest absolute Gasteiger partial charge is 0.0460 e. The van der Waals surface area contributed by atoms with Crippen LogP contribution in [0.15, 0.2) is 0 Å². The first-order chi connectivity index (χ1) is 6.36. The Morgan fingerprint density at radius 3 is 2.62 bits per heavy atom. The summed E-state index contributed by atoms with van der Waals surface area (Å²) >= 11 is 0. The zero-order valence-corrected chi connectivity index (χ0v) is 8.21. The van der Waals surface area contributed by atoms with Gasteiger partial charge in [0.25, 0.3) is 0 Å². The molecule has 2 nitrogen and oxygen atoms in total. The second-order valence-electron chi connectivity index (χ2n) is 3.78. The lowest BCUT2D eigenvalue weighted by Gasteiger charge is -2.30. The molecule has 0 spiro atoms. The van der Waals surface area contributed by atoms with Crippen LogP contribution in [0.25, 0.3) is 0 Å². The Bertz CT molecular complexity index is 165. The van der Waals surface area contributed by atoms with E-state index in [1.54, 1.807) is 0 Å². The Kier molecular flexibility index (Phi) is 4.88. The number of terminal acetylenes is 1. The van der Waals surface area contributed by atoms with Gasteiger partial charge in [-0.3, -0.25) is 0 Å². The van der Waals surface area contributed by atoms with Gasteiger partial charge in [0.1, 0.15) is 0 Å². The fourth-order valence-electron chi connectivity index (χ4n) is 1.80. The molecule has 0 bridgehead atoms. The second-order valence-corrected chi connectivity index (χ2v) is 3.78. The molecule has 13 heavy (non-hydrogen) atoms.